The van der Waals surface area contributed by atoms with Crippen LogP contribution >= 0.6 is 23.1 Å². The van der Waals surface area contributed by atoms with Gasteiger partial charge in [-0.05, 0) is 19.9 Å². The van der Waals surface area contributed by atoms with Crippen molar-refractivity contribution in [3.05, 3.63) is 34.2 Å². The van der Waals surface area contributed by atoms with Crippen LogP contribution in [0.1, 0.15) is 16.5 Å². The molecule has 0 saturated heterocycles. The van der Waals surface area contributed by atoms with Gasteiger partial charge in [-0.1, -0.05) is 11.8 Å². The van der Waals surface area contributed by atoms with Gasteiger partial charge < -0.3 is 9.52 Å². The molecule has 24 heavy (non-hydrogen) atoms. The summed E-state index contributed by atoms with van der Waals surface area (Å²) in [6.45, 7) is 3.72. The maximum absolute atomic E-state index is 10.8. The Morgan fingerprint density at radius 3 is 2.96 bits per heavy atom. The highest BCUT2D eigenvalue weighted by Crippen LogP contribution is 2.26. The lowest BCUT2D eigenvalue weighted by molar-refractivity contribution is -0.133. The highest BCUT2D eigenvalue weighted by atomic mass is 32.2. The molecule has 0 amide bonds. The average molecular weight is 363 g/mol. The van der Waals surface area contributed by atoms with E-state index in [1.165, 1.54) is 16.0 Å². The number of carbonyl (C=O) groups is 1. The highest BCUT2D eigenvalue weighted by molar-refractivity contribution is 7.99. The van der Waals surface area contributed by atoms with Gasteiger partial charge in [-0.3, -0.25) is 4.79 Å². The molecule has 1 N–H and O–H groups in total. The monoisotopic (exact) mass is 363 g/mol. The first-order valence-electron chi connectivity index (χ1n) is 6.85. The van der Waals surface area contributed by atoms with E-state index in [1.807, 2.05) is 19.2 Å². The summed E-state index contributed by atoms with van der Waals surface area (Å²) in [5.41, 5.74) is 1.46. The molecule has 3 heterocycles. The van der Waals surface area contributed by atoms with Crippen LogP contribution in [-0.2, 0) is 4.79 Å². The highest BCUT2D eigenvalue weighted by Gasteiger charge is 2.18. The van der Waals surface area contributed by atoms with Gasteiger partial charge in [0.25, 0.3) is 0 Å². The fourth-order valence-corrected chi connectivity index (χ4v) is 3.10. The first-order valence-corrected chi connectivity index (χ1v) is 8.72. The van der Waals surface area contributed by atoms with Crippen LogP contribution in [0.5, 0.6) is 0 Å². The number of aliphatic carboxylic acids is 1. The summed E-state index contributed by atoms with van der Waals surface area (Å²) in [4.78, 5) is 15.1. The van der Waals surface area contributed by atoms with Crippen LogP contribution in [0.4, 0.5) is 0 Å². The molecule has 0 aromatic carbocycles. The number of aromatic nitrogens is 4. The molecule has 124 valence electrons. The molecule has 3 aromatic rings. The van der Waals surface area contributed by atoms with Crippen molar-refractivity contribution in [1.82, 2.24) is 19.9 Å². The van der Waals surface area contributed by atoms with E-state index < -0.39 is 5.97 Å². The molecule has 0 aliphatic heterocycles. The van der Waals surface area contributed by atoms with Gasteiger partial charge in [0.2, 0.25) is 5.16 Å². The van der Waals surface area contributed by atoms with Crippen molar-refractivity contribution in [1.29, 1.82) is 0 Å². The summed E-state index contributed by atoms with van der Waals surface area (Å²) in [6.07, 6.45) is 3.15. The van der Waals surface area contributed by atoms with E-state index >= 15 is 0 Å². The van der Waals surface area contributed by atoms with Crippen LogP contribution < -0.4 is 0 Å². The Morgan fingerprint density at radius 2 is 2.33 bits per heavy atom. The minimum Gasteiger partial charge on any atom is -0.481 e. The molecule has 0 aliphatic rings. The molecular weight excluding hydrogens is 350 g/mol. The maximum Gasteiger partial charge on any atom is 0.313 e. The molecule has 0 unspecified atom stereocenters. The van der Waals surface area contributed by atoms with Crippen molar-refractivity contribution in [3.63, 3.8) is 0 Å². The second-order valence-corrected chi connectivity index (χ2v) is 6.73. The van der Waals surface area contributed by atoms with Gasteiger partial charge in [-0.25, -0.2) is 4.98 Å². The van der Waals surface area contributed by atoms with E-state index in [1.54, 1.807) is 18.5 Å². The van der Waals surface area contributed by atoms with E-state index in [-0.39, 0.29) is 5.75 Å². The standard InChI is InChI=1S/C14H13N5O3S2/c1-8-11(3-4-22-8)13-17-18-14(24-7-12(20)21)19(13)15-5-10-6-23-9(2)16-10/h3-6H,7H2,1-2H3,(H,20,21)/b15-5-. The van der Waals surface area contributed by atoms with E-state index in [0.717, 1.165) is 28.0 Å². The number of hydrogen-bond acceptors (Lipinski definition) is 8. The number of hydrogen-bond donors (Lipinski definition) is 1. The summed E-state index contributed by atoms with van der Waals surface area (Å²) < 4.78 is 6.80. The zero-order valence-corrected chi connectivity index (χ0v) is 14.5. The molecule has 0 bridgehead atoms. The van der Waals surface area contributed by atoms with Gasteiger partial charge in [0.1, 0.15) is 5.76 Å². The number of thiazole rings is 1. The van der Waals surface area contributed by atoms with Gasteiger partial charge in [0.05, 0.1) is 34.5 Å². The topological polar surface area (TPSA) is 106 Å². The number of nitrogens with zero attached hydrogens (tertiary/aromatic N) is 5. The lowest BCUT2D eigenvalue weighted by atomic mass is 10.2. The molecule has 0 radical (unpaired) electrons. The Bertz CT molecular complexity index is 896. The first kappa shape index (κ1) is 16.4. The largest absolute Gasteiger partial charge is 0.481 e. The normalized spacial score (nSPS) is 11.4. The number of carboxylic acids is 1. The van der Waals surface area contributed by atoms with Crippen molar-refractivity contribution in [2.24, 2.45) is 5.10 Å². The summed E-state index contributed by atoms with van der Waals surface area (Å²) in [7, 11) is 0. The number of thioether (sulfide) groups is 1. The Morgan fingerprint density at radius 1 is 1.50 bits per heavy atom. The SMILES string of the molecule is Cc1nc(/C=N\n2c(SCC(=O)O)nnc2-c2ccoc2C)cs1. The molecule has 0 spiro atoms. The average Bonchev–Trinajstić information content (AvgIpc) is 3.23. The van der Waals surface area contributed by atoms with E-state index in [9.17, 15) is 4.79 Å². The second-order valence-electron chi connectivity index (χ2n) is 4.73. The van der Waals surface area contributed by atoms with E-state index in [4.69, 9.17) is 9.52 Å². The maximum atomic E-state index is 10.8. The molecule has 0 atom stereocenters. The smallest absolute Gasteiger partial charge is 0.313 e. The van der Waals surface area contributed by atoms with Crippen molar-refractivity contribution in [2.45, 2.75) is 19.0 Å². The third kappa shape index (κ3) is 3.54. The van der Waals surface area contributed by atoms with Crippen LogP contribution in [0.3, 0.4) is 0 Å². The third-order valence-electron chi connectivity index (χ3n) is 2.98. The molecule has 3 rings (SSSR count). The fourth-order valence-electron chi connectivity index (χ4n) is 1.93. The quantitative estimate of drug-likeness (QED) is 0.530. The first-order chi connectivity index (χ1) is 11.5. The zero-order chi connectivity index (χ0) is 17.1. The number of furan rings is 1. The lowest BCUT2D eigenvalue weighted by Gasteiger charge is -2.02. The molecule has 0 fully saturated rings. The summed E-state index contributed by atoms with van der Waals surface area (Å²) >= 11 is 2.57. The Hall–Kier alpha value is -2.46. The molecular formula is C14H13N5O3S2. The second kappa shape index (κ2) is 6.97. The van der Waals surface area contributed by atoms with Gasteiger partial charge >= 0.3 is 5.97 Å². The third-order valence-corrected chi connectivity index (χ3v) is 4.67. The predicted molar refractivity (Wildman–Crippen MR) is 90.7 cm³/mol. The van der Waals surface area contributed by atoms with Gasteiger partial charge in [0, 0.05) is 5.38 Å². The summed E-state index contributed by atoms with van der Waals surface area (Å²) in [5, 5.41) is 24.6. The van der Waals surface area contributed by atoms with Crippen molar-refractivity contribution in [2.75, 3.05) is 5.75 Å². The van der Waals surface area contributed by atoms with Crippen molar-refractivity contribution >= 4 is 35.3 Å². The Kier molecular flexibility index (Phi) is 4.76. The minimum atomic E-state index is -0.935. The summed E-state index contributed by atoms with van der Waals surface area (Å²) in [6, 6.07) is 1.77. The van der Waals surface area contributed by atoms with Crippen LogP contribution in [0.2, 0.25) is 0 Å². The van der Waals surface area contributed by atoms with Crippen LogP contribution in [-0.4, -0.2) is 42.9 Å². The van der Waals surface area contributed by atoms with Crippen LogP contribution in [0, 0.1) is 13.8 Å². The number of carboxylic acid groups (broad SMARTS) is 1. The van der Waals surface area contributed by atoms with Gasteiger partial charge in [0.15, 0.2) is 5.82 Å². The molecule has 0 aliphatic carbocycles. The lowest BCUT2D eigenvalue weighted by Crippen LogP contribution is -2.01. The molecule has 8 nitrogen and oxygen atoms in total. The van der Waals surface area contributed by atoms with Crippen molar-refractivity contribution in [3.8, 4) is 11.4 Å². The number of aryl methyl sites for hydroxylation is 2. The van der Waals surface area contributed by atoms with Gasteiger partial charge in [-0.15, -0.1) is 21.5 Å². The number of rotatable bonds is 6. The Balaban J connectivity index is 1.99. The summed E-state index contributed by atoms with van der Waals surface area (Å²) in [5.74, 6) is 0.0959. The van der Waals surface area contributed by atoms with Crippen LogP contribution in [0.15, 0.2) is 32.4 Å². The minimum absolute atomic E-state index is 0.131. The predicted octanol–water partition coefficient (Wildman–Crippen LogP) is 2.67. The van der Waals surface area contributed by atoms with E-state index in [2.05, 4.69) is 20.3 Å². The van der Waals surface area contributed by atoms with Crippen molar-refractivity contribution < 1.29 is 14.3 Å². The zero-order valence-electron chi connectivity index (χ0n) is 12.8. The molecule has 3 aromatic heterocycles. The molecule has 10 heteroatoms. The fraction of sp³-hybridized carbons (Fsp3) is 0.214. The Labute approximate surface area is 145 Å². The van der Waals surface area contributed by atoms with E-state index in [0.29, 0.717) is 16.7 Å². The molecule has 0 saturated carbocycles. The van der Waals surface area contributed by atoms with Crippen LogP contribution in [0.25, 0.3) is 11.4 Å². The van der Waals surface area contributed by atoms with Gasteiger partial charge in [-0.2, -0.15) is 9.78 Å².